The molecule has 0 aromatic heterocycles. The minimum absolute atomic E-state index is 0.228. The van der Waals surface area contributed by atoms with Crippen LogP contribution in [0, 0.1) is 0 Å². The molecule has 4 heteroatoms. The fourth-order valence-corrected chi connectivity index (χ4v) is 1.86. The lowest BCUT2D eigenvalue weighted by Crippen LogP contribution is -2.05. The zero-order valence-corrected chi connectivity index (χ0v) is 11.3. The van der Waals surface area contributed by atoms with Crippen molar-refractivity contribution in [3.8, 4) is 11.5 Å². The molecule has 0 radical (unpaired) electrons. The van der Waals surface area contributed by atoms with Crippen molar-refractivity contribution in [2.24, 2.45) is 0 Å². The van der Waals surface area contributed by atoms with E-state index in [0.29, 0.717) is 34.5 Å². The Hall–Kier alpha value is -2.62. The number of ketones is 1. The summed E-state index contributed by atoms with van der Waals surface area (Å²) >= 11 is 0. The third kappa shape index (κ3) is 2.69. The van der Waals surface area contributed by atoms with Crippen molar-refractivity contribution in [3.63, 3.8) is 0 Å². The van der Waals surface area contributed by atoms with Gasteiger partial charge in [-0.2, -0.15) is 0 Å². The van der Waals surface area contributed by atoms with Crippen molar-refractivity contribution >= 4 is 12.1 Å². The summed E-state index contributed by atoms with van der Waals surface area (Å²) in [5.74, 6) is 0.976. The molecular weight excluding hydrogens is 256 g/mol. The number of methoxy groups -OCH3 is 2. The Morgan fingerprint density at radius 1 is 0.950 bits per heavy atom. The van der Waals surface area contributed by atoms with E-state index in [-0.39, 0.29) is 5.78 Å². The smallest absolute Gasteiger partial charge is 0.193 e. The van der Waals surface area contributed by atoms with Crippen molar-refractivity contribution in [2.75, 3.05) is 14.2 Å². The molecule has 4 nitrogen and oxygen atoms in total. The fourth-order valence-electron chi connectivity index (χ4n) is 1.86. The zero-order valence-electron chi connectivity index (χ0n) is 11.3. The minimum Gasteiger partial charge on any atom is -0.497 e. The Kier molecular flexibility index (Phi) is 4.15. The van der Waals surface area contributed by atoms with Crippen LogP contribution >= 0.6 is 0 Å². The van der Waals surface area contributed by atoms with Crippen molar-refractivity contribution in [3.05, 3.63) is 59.2 Å². The lowest BCUT2D eigenvalue weighted by molar-refractivity contribution is 0.102. The van der Waals surface area contributed by atoms with Gasteiger partial charge in [0.05, 0.1) is 14.2 Å². The minimum atomic E-state index is -0.228. The summed E-state index contributed by atoms with van der Waals surface area (Å²) in [6.45, 7) is 0. The van der Waals surface area contributed by atoms with E-state index in [0.717, 1.165) is 0 Å². The molecule has 0 heterocycles. The molecule has 0 fully saturated rings. The summed E-state index contributed by atoms with van der Waals surface area (Å²) in [6, 6.07) is 11.5. The van der Waals surface area contributed by atoms with Gasteiger partial charge in [0.15, 0.2) is 12.1 Å². The molecule has 0 spiro atoms. The summed E-state index contributed by atoms with van der Waals surface area (Å²) in [7, 11) is 3.07. The molecular formula is C16H14O4. The van der Waals surface area contributed by atoms with Crippen LogP contribution in [0.4, 0.5) is 0 Å². The van der Waals surface area contributed by atoms with Gasteiger partial charge in [0, 0.05) is 16.7 Å². The Morgan fingerprint density at radius 3 is 2.10 bits per heavy atom. The first-order valence-corrected chi connectivity index (χ1v) is 6.01. The van der Waals surface area contributed by atoms with Crippen LogP contribution in [0.1, 0.15) is 26.3 Å². The molecule has 0 N–H and O–H groups in total. The van der Waals surface area contributed by atoms with E-state index in [2.05, 4.69) is 0 Å². The highest BCUT2D eigenvalue weighted by molar-refractivity contribution is 6.13. The quantitative estimate of drug-likeness (QED) is 0.619. The first-order valence-electron chi connectivity index (χ1n) is 6.01. The molecule has 0 saturated carbocycles. The largest absolute Gasteiger partial charge is 0.497 e. The van der Waals surface area contributed by atoms with Crippen LogP contribution in [-0.4, -0.2) is 26.3 Å². The van der Waals surface area contributed by atoms with E-state index in [4.69, 9.17) is 9.47 Å². The normalized spacial score (nSPS) is 9.90. The predicted molar refractivity (Wildman–Crippen MR) is 74.8 cm³/mol. The molecule has 0 bridgehead atoms. The molecule has 2 aromatic rings. The van der Waals surface area contributed by atoms with Gasteiger partial charge in [0.2, 0.25) is 0 Å². The van der Waals surface area contributed by atoms with E-state index in [1.807, 2.05) is 0 Å². The van der Waals surface area contributed by atoms with Crippen LogP contribution in [0.2, 0.25) is 0 Å². The maximum Gasteiger partial charge on any atom is 0.193 e. The van der Waals surface area contributed by atoms with Crippen LogP contribution in [-0.2, 0) is 0 Å². The second-order valence-corrected chi connectivity index (χ2v) is 4.13. The molecule has 0 aliphatic heterocycles. The number of carbonyl (C=O) groups is 2. The third-order valence-electron chi connectivity index (χ3n) is 2.98. The Balaban J connectivity index is 2.43. The van der Waals surface area contributed by atoms with E-state index in [1.165, 1.54) is 7.11 Å². The maximum atomic E-state index is 12.4. The molecule has 0 amide bonds. The molecule has 102 valence electrons. The lowest BCUT2D eigenvalue weighted by Gasteiger charge is -2.07. The summed E-state index contributed by atoms with van der Waals surface area (Å²) in [5, 5.41) is 0. The summed E-state index contributed by atoms with van der Waals surface area (Å²) in [6.07, 6.45) is 0.663. The van der Waals surface area contributed by atoms with Gasteiger partial charge < -0.3 is 9.47 Å². The Bertz CT molecular complexity index is 629. The van der Waals surface area contributed by atoms with Gasteiger partial charge >= 0.3 is 0 Å². The number of ether oxygens (including phenoxy) is 2. The monoisotopic (exact) mass is 270 g/mol. The van der Waals surface area contributed by atoms with Crippen molar-refractivity contribution < 1.29 is 19.1 Å². The predicted octanol–water partition coefficient (Wildman–Crippen LogP) is 2.75. The van der Waals surface area contributed by atoms with Gasteiger partial charge in [-0.15, -0.1) is 0 Å². The number of hydrogen-bond donors (Lipinski definition) is 0. The van der Waals surface area contributed by atoms with Gasteiger partial charge in [-0.05, 0) is 42.5 Å². The van der Waals surface area contributed by atoms with Gasteiger partial charge in [-0.25, -0.2) is 0 Å². The molecule has 2 rings (SSSR count). The molecule has 0 atom stereocenters. The SMILES string of the molecule is COc1ccc(C(=O)c2cc(OC)ccc2C=O)cc1. The standard InChI is InChI=1S/C16H14O4/c1-19-13-6-3-11(4-7-13)16(18)15-9-14(20-2)8-5-12(15)10-17/h3-10H,1-2H3. The Labute approximate surface area is 116 Å². The number of benzene rings is 2. The molecule has 20 heavy (non-hydrogen) atoms. The summed E-state index contributed by atoms with van der Waals surface area (Å²) in [4.78, 5) is 23.5. The van der Waals surface area contributed by atoms with Crippen molar-refractivity contribution in [1.29, 1.82) is 0 Å². The average molecular weight is 270 g/mol. The van der Waals surface area contributed by atoms with Crippen molar-refractivity contribution in [1.82, 2.24) is 0 Å². The molecule has 0 unspecified atom stereocenters. The highest BCUT2D eigenvalue weighted by Gasteiger charge is 2.14. The van der Waals surface area contributed by atoms with E-state index < -0.39 is 0 Å². The third-order valence-corrected chi connectivity index (χ3v) is 2.98. The van der Waals surface area contributed by atoms with Gasteiger partial charge in [-0.1, -0.05) is 0 Å². The van der Waals surface area contributed by atoms with Crippen LogP contribution in [0.5, 0.6) is 11.5 Å². The number of rotatable bonds is 5. The fraction of sp³-hybridized carbons (Fsp3) is 0.125. The molecule has 2 aromatic carbocycles. The van der Waals surface area contributed by atoms with E-state index >= 15 is 0 Å². The zero-order chi connectivity index (χ0) is 14.5. The van der Waals surface area contributed by atoms with Crippen LogP contribution < -0.4 is 9.47 Å². The van der Waals surface area contributed by atoms with E-state index in [1.54, 1.807) is 49.6 Å². The number of hydrogen-bond acceptors (Lipinski definition) is 4. The summed E-state index contributed by atoms with van der Waals surface area (Å²) in [5.41, 5.74) is 1.15. The molecule has 0 saturated heterocycles. The van der Waals surface area contributed by atoms with Crippen LogP contribution in [0.3, 0.4) is 0 Å². The Morgan fingerprint density at radius 2 is 1.55 bits per heavy atom. The second kappa shape index (κ2) is 6.02. The van der Waals surface area contributed by atoms with E-state index in [9.17, 15) is 9.59 Å². The van der Waals surface area contributed by atoms with Crippen LogP contribution in [0.25, 0.3) is 0 Å². The topological polar surface area (TPSA) is 52.6 Å². The molecule has 0 aliphatic rings. The highest BCUT2D eigenvalue weighted by atomic mass is 16.5. The maximum absolute atomic E-state index is 12.4. The number of aldehydes is 1. The highest BCUT2D eigenvalue weighted by Crippen LogP contribution is 2.21. The number of carbonyl (C=O) groups excluding carboxylic acids is 2. The summed E-state index contributed by atoms with van der Waals surface area (Å²) < 4.78 is 10.1. The average Bonchev–Trinajstić information content (AvgIpc) is 2.53. The van der Waals surface area contributed by atoms with Gasteiger partial charge in [0.25, 0.3) is 0 Å². The first kappa shape index (κ1) is 13.8. The van der Waals surface area contributed by atoms with Crippen LogP contribution in [0.15, 0.2) is 42.5 Å². The second-order valence-electron chi connectivity index (χ2n) is 4.13. The lowest BCUT2D eigenvalue weighted by atomic mass is 9.98. The first-order chi connectivity index (χ1) is 9.69. The van der Waals surface area contributed by atoms with Gasteiger partial charge in [-0.3, -0.25) is 9.59 Å². The van der Waals surface area contributed by atoms with Gasteiger partial charge in [0.1, 0.15) is 11.5 Å². The molecule has 0 aliphatic carbocycles. The van der Waals surface area contributed by atoms with Crippen molar-refractivity contribution in [2.45, 2.75) is 0 Å².